The van der Waals surface area contributed by atoms with Crippen LogP contribution in [0.15, 0.2) is 0 Å². The molecule has 0 aliphatic heterocycles. The number of nitrogens with one attached hydrogen (secondary N) is 2. The first-order valence-corrected chi connectivity index (χ1v) is 5.12. The molecule has 0 heterocycles. The standard InChI is InChI=1S/C6H15N3O2S/c1-4(2)5(3)9-12(10,11)6(7)8/h4-5,9H,1-3H3,(H3,7,8). The molecule has 0 rings (SSSR count). The number of sulfonamides is 1. The second-order valence-corrected chi connectivity index (χ2v) is 4.70. The Morgan fingerprint density at radius 2 is 1.83 bits per heavy atom. The van der Waals surface area contributed by atoms with Crippen molar-refractivity contribution in [2.24, 2.45) is 11.7 Å². The molecule has 0 fully saturated rings. The van der Waals surface area contributed by atoms with Gasteiger partial charge in [0.05, 0.1) is 0 Å². The minimum atomic E-state index is -3.73. The van der Waals surface area contributed by atoms with Crippen LogP contribution < -0.4 is 10.5 Å². The van der Waals surface area contributed by atoms with E-state index >= 15 is 0 Å². The first-order chi connectivity index (χ1) is 5.27. The van der Waals surface area contributed by atoms with Crippen LogP contribution in [-0.2, 0) is 10.0 Å². The Bertz CT molecular complexity index is 258. The zero-order valence-electron chi connectivity index (χ0n) is 7.46. The van der Waals surface area contributed by atoms with Gasteiger partial charge in [0.2, 0.25) is 5.17 Å². The molecule has 1 atom stereocenters. The molecular weight excluding hydrogens is 178 g/mol. The largest absolute Gasteiger partial charge is 0.373 e. The molecule has 6 heteroatoms. The van der Waals surface area contributed by atoms with E-state index in [1.54, 1.807) is 6.92 Å². The highest BCUT2D eigenvalue weighted by Crippen LogP contribution is 2.01. The fraction of sp³-hybridized carbons (Fsp3) is 0.833. The van der Waals surface area contributed by atoms with Crippen molar-refractivity contribution in [2.45, 2.75) is 26.8 Å². The summed E-state index contributed by atoms with van der Waals surface area (Å²) in [6.45, 7) is 5.49. The molecule has 0 bridgehead atoms. The van der Waals surface area contributed by atoms with E-state index in [0.29, 0.717) is 0 Å². The van der Waals surface area contributed by atoms with Crippen LogP contribution in [0.25, 0.3) is 0 Å². The molecule has 0 aromatic carbocycles. The second-order valence-electron chi connectivity index (χ2n) is 3.02. The molecule has 0 amide bonds. The quantitative estimate of drug-likeness (QED) is 0.429. The van der Waals surface area contributed by atoms with Crippen LogP contribution in [0.4, 0.5) is 0 Å². The van der Waals surface area contributed by atoms with E-state index in [9.17, 15) is 8.42 Å². The van der Waals surface area contributed by atoms with Crippen molar-refractivity contribution in [1.29, 1.82) is 5.41 Å². The highest BCUT2D eigenvalue weighted by Gasteiger charge is 2.19. The van der Waals surface area contributed by atoms with E-state index in [2.05, 4.69) is 4.72 Å². The smallest absolute Gasteiger partial charge is 0.273 e. The van der Waals surface area contributed by atoms with Crippen LogP contribution >= 0.6 is 0 Å². The maximum absolute atomic E-state index is 11.0. The number of amidine groups is 1. The van der Waals surface area contributed by atoms with Gasteiger partial charge in [-0.2, -0.15) is 0 Å². The molecule has 0 saturated carbocycles. The summed E-state index contributed by atoms with van der Waals surface area (Å²) in [5.74, 6) is 0.180. The minimum absolute atomic E-state index is 0.180. The fourth-order valence-electron chi connectivity index (χ4n) is 0.444. The van der Waals surface area contributed by atoms with Crippen molar-refractivity contribution in [3.63, 3.8) is 0 Å². The average Bonchev–Trinajstić information content (AvgIpc) is 1.85. The van der Waals surface area contributed by atoms with Gasteiger partial charge in [0, 0.05) is 6.04 Å². The molecule has 72 valence electrons. The first kappa shape index (κ1) is 11.4. The van der Waals surface area contributed by atoms with Crippen molar-refractivity contribution in [3.05, 3.63) is 0 Å². The summed E-state index contributed by atoms with van der Waals surface area (Å²) in [5, 5.41) is 5.92. The normalized spacial score (nSPS) is 14.7. The van der Waals surface area contributed by atoms with Crippen molar-refractivity contribution < 1.29 is 8.42 Å². The van der Waals surface area contributed by atoms with Crippen molar-refractivity contribution in [1.82, 2.24) is 4.72 Å². The predicted octanol–water partition coefficient (Wildman–Crippen LogP) is -0.156. The van der Waals surface area contributed by atoms with E-state index in [4.69, 9.17) is 11.1 Å². The van der Waals surface area contributed by atoms with E-state index in [0.717, 1.165) is 0 Å². The zero-order valence-corrected chi connectivity index (χ0v) is 8.27. The van der Waals surface area contributed by atoms with Crippen LogP contribution in [0.2, 0.25) is 0 Å². The zero-order chi connectivity index (χ0) is 9.94. The van der Waals surface area contributed by atoms with E-state index < -0.39 is 15.2 Å². The number of nitrogens with two attached hydrogens (primary N) is 1. The third-order valence-corrected chi connectivity index (χ3v) is 2.89. The Labute approximate surface area is 72.9 Å². The minimum Gasteiger partial charge on any atom is -0.373 e. The van der Waals surface area contributed by atoms with Crippen molar-refractivity contribution >= 4 is 15.2 Å². The van der Waals surface area contributed by atoms with Gasteiger partial charge in [0.1, 0.15) is 0 Å². The lowest BCUT2D eigenvalue weighted by Gasteiger charge is -2.16. The summed E-state index contributed by atoms with van der Waals surface area (Å²) in [6, 6.07) is -0.209. The van der Waals surface area contributed by atoms with E-state index in [-0.39, 0.29) is 12.0 Å². The van der Waals surface area contributed by atoms with Crippen LogP contribution in [0.5, 0.6) is 0 Å². The SMILES string of the molecule is CC(C)C(C)NS(=O)(=O)C(=N)N. The summed E-state index contributed by atoms with van der Waals surface area (Å²) >= 11 is 0. The monoisotopic (exact) mass is 193 g/mol. The maximum Gasteiger partial charge on any atom is 0.273 e. The van der Waals surface area contributed by atoms with Gasteiger partial charge in [-0.15, -0.1) is 0 Å². The fourth-order valence-corrected chi connectivity index (χ4v) is 1.33. The molecule has 12 heavy (non-hydrogen) atoms. The number of rotatable bonds is 3. The van der Waals surface area contributed by atoms with Crippen molar-refractivity contribution in [2.75, 3.05) is 0 Å². The first-order valence-electron chi connectivity index (χ1n) is 3.63. The molecule has 0 aromatic rings. The Hall–Kier alpha value is -0.620. The van der Waals surface area contributed by atoms with Crippen LogP contribution in [0.1, 0.15) is 20.8 Å². The molecule has 4 N–H and O–H groups in total. The van der Waals surface area contributed by atoms with Crippen LogP contribution in [0.3, 0.4) is 0 Å². The second kappa shape index (κ2) is 3.86. The van der Waals surface area contributed by atoms with Gasteiger partial charge in [-0.25, -0.2) is 13.1 Å². The van der Waals surface area contributed by atoms with Gasteiger partial charge in [-0.1, -0.05) is 13.8 Å². The van der Waals surface area contributed by atoms with Crippen LogP contribution in [-0.4, -0.2) is 19.6 Å². The lowest BCUT2D eigenvalue weighted by atomic mass is 10.1. The van der Waals surface area contributed by atoms with E-state index in [1.165, 1.54) is 0 Å². The summed E-state index contributed by atoms with van der Waals surface area (Å²) in [4.78, 5) is 0. The summed E-state index contributed by atoms with van der Waals surface area (Å²) in [7, 11) is -3.73. The third kappa shape index (κ3) is 3.19. The highest BCUT2D eigenvalue weighted by molar-refractivity contribution is 8.04. The predicted molar refractivity (Wildman–Crippen MR) is 48.3 cm³/mol. The van der Waals surface area contributed by atoms with Crippen LogP contribution in [0, 0.1) is 11.3 Å². The van der Waals surface area contributed by atoms with Gasteiger partial charge in [-0.3, -0.25) is 5.41 Å². The molecule has 0 radical (unpaired) electrons. The Kier molecular flexibility index (Phi) is 3.66. The van der Waals surface area contributed by atoms with Gasteiger partial charge >= 0.3 is 0 Å². The highest BCUT2D eigenvalue weighted by atomic mass is 32.2. The van der Waals surface area contributed by atoms with Gasteiger partial charge in [0.25, 0.3) is 10.0 Å². The summed E-state index contributed by atoms with van der Waals surface area (Å²) in [5.41, 5.74) is 4.85. The Morgan fingerprint density at radius 3 is 2.08 bits per heavy atom. The maximum atomic E-state index is 11.0. The third-order valence-electron chi connectivity index (χ3n) is 1.63. The van der Waals surface area contributed by atoms with Gasteiger partial charge in [-0.05, 0) is 12.8 Å². The Morgan fingerprint density at radius 1 is 1.42 bits per heavy atom. The average molecular weight is 193 g/mol. The molecule has 0 spiro atoms. The molecule has 0 aliphatic carbocycles. The topological polar surface area (TPSA) is 96.0 Å². The Balaban J connectivity index is 4.37. The molecule has 0 saturated heterocycles. The summed E-state index contributed by atoms with van der Waals surface area (Å²) in [6.07, 6.45) is 0. The number of hydrogen-bond donors (Lipinski definition) is 3. The van der Waals surface area contributed by atoms with Gasteiger partial charge < -0.3 is 5.73 Å². The lowest BCUT2D eigenvalue weighted by molar-refractivity contribution is 0.481. The molecular formula is C6H15N3O2S. The van der Waals surface area contributed by atoms with E-state index in [1.807, 2.05) is 13.8 Å². The summed E-state index contributed by atoms with van der Waals surface area (Å²) < 4.78 is 24.2. The molecule has 0 aliphatic rings. The molecule has 1 unspecified atom stereocenters. The van der Waals surface area contributed by atoms with Crippen molar-refractivity contribution in [3.8, 4) is 0 Å². The lowest BCUT2D eigenvalue weighted by Crippen LogP contribution is -2.42. The van der Waals surface area contributed by atoms with Gasteiger partial charge in [0.15, 0.2) is 0 Å². The number of hydrogen-bond acceptors (Lipinski definition) is 3. The molecule has 5 nitrogen and oxygen atoms in total. The molecule has 0 aromatic heterocycles.